The first kappa shape index (κ1) is 14.5. The molecule has 5 heteroatoms. The monoisotopic (exact) mass is 278 g/mol. The Balaban J connectivity index is 2.66. The van der Waals surface area contributed by atoms with Crippen molar-refractivity contribution in [2.24, 2.45) is 17.3 Å². The maximum absolute atomic E-state index is 12.1. The summed E-state index contributed by atoms with van der Waals surface area (Å²) in [5.74, 6) is -0.688. The number of rotatable bonds is 5. The fourth-order valence-corrected chi connectivity index (χ4v) is 2.06. The first-order chi connectivity index (χ1) is 7.80. The van der Waals surface area contributed by atoms with Crippen LogP contribution < -0.4 is 0 Å². The summed E-state index contributed by atoms with van der Waals surface area (Å²) >= 11 is 11.1. The molecule has 0 aromatic rings. The van der Waals surface area contributed by atoms with Crippen LogP contribution in [0.5, 0.6) is 0 Å². The van der Waals surface area contributed by atoms with Gasteiger partial charge in [-0.2, -0.15) is 0 Å². The Labute approximate surface area is 111 Å². The van der Waals surface area contributed by atoms with Crippen LogP contribution in [-0.4, -0.2) is 18.4 Å². The molecule has 0 saturated heterocycles. The van der Waals surface area contributed by atoms with E-state index < -0.39 is 11.4 Å². The minimum Gasteiger partial charge on any atom is -0.465 e. The molecule has 0 radical (unpaired) electrons. The number of carbonyl (C=O) groups excluding carboxylic acids is 2. The van der Waals surface area contributed by atoms with Crippen LogP contribution in [0.25, 0.3) is 0 Å². The number of allylic oxidation sites excluding steroid dienone is 1. The highest BCUT2D eigenvalue weighted by molar-refractivity contribution is 6.55. The second-order valence-electron chi connectivity index (χ2n) is 4.67. The van der Waals surface area contributed by atoms with Gasteiger partial charge in [0, 0.05) is 5.92 Å². The van der Waals surface area contributed by atoms with Crippen LogP contribution in [0.3, 0.4) is 0 Å². The van der Waals surface area contributed by atoms with Crippen LogP contribution in [-0.2, 0) is 14.3 Å². The zero-order valence-corrected chi connectivity index (χ0v) is 11.6. The molecule has 1 fully saturated rings. The minimum absolute atomic E-state index is 0.0567. The Morgan fingerprint density at radius 1 is 1.41 bits per heavy atom. The predicted molar refractivity (Wildman–Crippen MR) is 66.8 cm³/mol. The van der Waals surface area contributed by atoms with E-state index in [1.807, 2.05) is 0 Å². The molecule has 0 heterocycles. The van der Waals surface area contributed by atoms with Gasteiger partial charge >= 0.3 is 5.97 Å². The Kier molecular flexibility index (Phi) is 4.62. The Bertz CT molecular complexity index is 357. The third-order valence-corrected chi connectivity index (χ3v) is 3.17. The van der Waals surface area contributed by atoms with E-state index in [1.54, 1.807) is 26.8 Å². The lowest BCUT2D eigenvalue weighted by atomic mass is 9.85. The van der Waals surface area contributed by atoms with E-state index in [-0.39, 0.29) is 28.7 Å². The number of ketones is 1. The average Bonchev–Trinajstić information content (AvgIpc) is 2.95. The fourth-order valence-electron chi connectivity index (χ4n) is 1.74. The molecule has 17 heavy (non-hydrogen) atoms. The summed E-state index contributed by atoms with van der Waals surface area (Å²) in [6.45, 7) is 5.18. The number of halogens is 2. The van der Waals surface area contributed by atoms with Crippen molar-refractivity contribution in [3.05, 3.63) is 10.6 Å². The molecule has 0 bridgehead atoms. The molecular formula is C12H16Cl2O3. The summed E-state index contributed by atoms with van der Waals surface area (Å²) < 4.78 is 5.06. The molecule has 0 spiro atoms. The Hall–Kier alpha value is -0.540. The third-order valence-electron chi connectivity index (χ3n) is 2.92. The van der Waals surface area contributed by atoms with Crippen molar-refractivity contribution in [3.63, 3.8) is 0 Å². The lowest BCUT2D eigenvalue weighted by Gasteiger charge is -2.20. The van der Waals surface area contributed by atoms with Crippen molar-refractivity contribution >= 4 is 35.0 Å². The summed E-state index contributed by atoms with van der Waals surface area (Å²) in [6.07, 6.45) is 2.34. The molecule has 0 aromatic heterocycles. The molecule has 0 N–H and O–H groups in total. The van der Waals surface area contributed by atoms with Crippen LogP contribution in [0.4, 0.5) is 0 Å². The fraction of sp³-hybridized carbons (Fsp3) is 0.667. The lowest BCUT2D eigenvalue weighted by molar-refractivity contribution is -0.158. The maximum Gasteiger partial charge on any atom is 0.319 e. The molecule has 1 aliphatic rings. The molecular weight excluding hydrogens is 263 g/mol. The van der Waals surface area contributed by atoms with Gasteiger partial charge in [0.05, 0.1) is 6.61 Å². The maximum atomic E-state index is 12.1. The molecule has 1 rings (SSSR count). The topological polar surface area (TPSA) is 43.4 Å². The lowest BCUT2D eigenvalue weighted by Crippen LogP contribution is -2.36. The average molecular weight is 279 g/mol. The highest BCUT2D eigenvalue weighted by Crippen LogP contribution is 2.45. The van der Waals surface area contributed by atoms with Gasteiger partial charge in [-0.05, 0) is 33.1 Å². The van der Waals surface area contributed by atoms with Crippen LogP contribution >= 0.6 is 23.2 Å². The number of esters is 1. The number of carbonyl (C=O) groups is 2. The normalized spacial score (nSPS) is 22.9. The van der Waals surface area contributed by atoms with Crippen LogP contribution in [0.15, 0.2) is 10.6 Å². The zero-order chi connectivity index (χ0) is 13.2. The van der Waals surface area contributed by atoms with Crippen LogP contribution in [0, 0.1) is 17.3 Å². The van der Waals surface area contributed by atoms with Gasteiger partial charge in [-0.3, -0.25) is 9.59 Å². The van der Waals surface area contributed by atoms with Crippen LogP contribution in [0.1, 0.15) is 27.2 Å². The molecule has 3 nitrogen and oxygen atoms in total. The van der Waals surface area contributed by atoms with Gasteiger partial charge in [-0.15, -0.1) is 0 Å². The van der Waals surface area contributed by atoms with E-state index >= 15 is 0 Å². The van der Waals surface area contributed by atoms with Gasteiger partial charge in [-0.25, -0.2) is 0 Å². The summed E-state index contributed by atoms with van der Waals surface area (Å²) in [4.78, 5) is 23.8. The summed E-state index contributed by atoms with van der Waals surface area (Å²) in [5, 5.41) is 0. The van der Waals surface area contributed by atoms with Crippen molar-refractivity contribution in [1.29, 1.82) is 0 Å². The van der Waals surface area contributed by atoms with Crippen molar-refractivity contribution in [1.82, 2.24) is 0 Å². The minimum atomic E-state index is -1.10. The van der Waals surface area contributed by atoms with E-state index in [1.165, 1.54) is 0 Å². The number of hydrogen-bond donors (Lipinski definition) is 0. The van der Waals surface area contributed by atoms with E-state index in [0.29, 0.717) is 6.42 Å². The van der Waals surface area contributed by atoms with E-state index in [0.717, 1.165) is 0 Å². The van der Waals surface area contributed by atoms with Gasteiger partial charge in [0.2, 0.25) is 0 Å². The van der Waals surface area contributed by atoms with Crippen LogP contribution in [0.2, 0.25) is 0 Å². The summed E-state index contributed by atoms with van der Waals surface area (Å²) in [6, 6.07) is 0. The van der Waals surface area contributed by atoms with Gasteiger partial charge < -0.3 is 4.74 Å². The smallest absolute Gasteiger partial charge is 0.319 e. The van der Waals surface area contributed by atoms with E-state index in [4.69, 9.17) is 27.9 Å². The van der Waals surface area contributed by atoms with E-state index in [9.17, 15) is 9.59 Å². The largest absolute Gasteiger partial charge is 0.465 e. The number of hydrogen-bond acceptors (Lipinski definition) is 3. The summed E-state index contributed by atoms with van der Waals surface area (Å²) in [5.41, 5.74) is -1.10. The number of ether oxygens (including phenoxy) is 1. The first-order valence-corrected chi connectivity index (χ1v) is 6.30. The van der Waals surface area contributed by atoms with Gasteiger partial charge in [0.15, 0.2) is 5.78 Å². The van der Waals surface area contributed by atoms with Gasteiger partial charge in [-0.1, -0.05) is 29.3 Å². The molecule has 0 aliphatic heterocycles. The van der Waals surface area contributed by atoms with Crippen molar-refractivity contribution < 1.29 is 14.3 Å². The van der Waals surface area contributed by atoms with Crippen molar-refractivity contribution in [2.45, 2.75) is 27.2 Å². The number of Topliss-reactive ketones (excluding diaryl/α,β-unsaturated/α-hetero) is 1. The highest BCUT2D eigenvalue weighted by atomic mass is 35.5. The zero-order valence-electron chi connectivity index (χ0n) is 10.1. The standard InChI is InChI=1S/C12H16Cl2O3/c1-4-17-11(16)12(2,3)10(15)8-5-7(8)6-9(13)14/h6-8H,4-5H2,1-3H3. The molecule has 1 aliphatic carbocycles. The third kappa shape index (κ3) is 3.46. The highest BCUT2D eigenvalue weighted by Gasteiger charge is 2.50. The van der Waals surface area contributed by atoms with Gasteiger partial charge in [0.25, 0.3) is 0 Å². The molecule has 0 amide bonds. The molecule has 1 saturated carbocycles. The second-order valence-corrected chi connectivity index (χ2v) is 5.68. The van der Waals surface area contributed by atoms with Crippen molar-refractivity contribution in [2.75, 3.05) is 6.61 Å². The summed E-state index contributed by atoms with van der Waals surface area (Å²) in [7, 11) is 0. The molecule has 96 valence electrons. The molecule has 2 atom stereocenters. The van der Waals surface area contributed by atoms with Crippen molar-refractivity contribution in [3.8, 4) is 0 Å². The van der Waals surface area contributed by atoms with Gasteiger partial charge in [0.1, 0.15) is 9.91 Å². The predicted octanol–water partition coefficient (Wildman–Crippen LogP) is 3.10. The first-order valence-electron chi connectivity index (χ1n) is 5.55. The Morgan fingerprint density at radius 2 is 2.00 bits per heavy atom. The quantitative estimate of drug-likeness (QED) is 0.573. The Morgan fingerprint density at radius 3 is 2.47 bits per heavy atom. The van der Waals surface area contributed by atoms with E-state index in [2.05, 4.69) is 0 Å². The SMILES string of the molecule is CCOC(=O)C(C)(C)C(=O)C1CC1C=C(Cl)Cl. The molecule has 2 unspecified atom stereocenters. The molecule has 0 aromatic carbocycles. The second kappa shape index (κ2) is 5.40.